The second-order valence-electron chi connectivity index (χ2n) is 9.48. The van der Waals surface area contributed by atoms with E-state index in [4.69, 9.17) is 33.7 Å². The number of aliphatic hydroxyl groups is 4. The van der Waals surface area contributed by atoms with E-state index in [9.17, 15) is 34.7 Å². The lowest BCUT2D eigenvalue weighted by atomic mass is 10.1. The number of hydrogen-bond donors (Lipinski definition) is 8. The molecular weight excluding hydrogens is 634 g/mol. The van der Waals surface area contributed by atoms with Crippen molar-refractivity contribution in [1.82, 2.24) is 34.1 Å². The topological polar surface area (TPSA) is 313 Å². The molecule has 2 aliphatic rings. The molecule has 238 valence electrons. The number of aromatic amines is 1. The molecule has 44 heavy (non-hydrogen) atoms. The van der Waals surface area contributed by atoms with Crippen LogP contribution in [0.1, 0.15) is 12.5 Å². The van der Waals surface area contributed by atoms with Crippen molar-refractivity contribution in [3.8, 4) is 0 Å². The molecule has 9 N–H and O–H groups in total. The van der Waals surface area contributed by atoms with Gasteiger partial charge < -0.3 is 55.0 Å². The Kier molecular flexibility index (Phi) is 9.47. The second kappa shape index (κ2) is 13.0. The number of nitrogens with zero attached hydrogens (tertiary/aromatic N) is 6. The van der Waals surface area contributed by atoms with Gasteiger partial charge in [0.2, 0.25) is 0 Å². The molecule has 0 saturated carbocycles. The fourth-order valence-electron chi connectivity index (χ4n) is 4.89. The molecule has 4 aromatic heterocycles. The Morgan fingerprint density at radius 2 is 1.70 bits per heavy atom. The second-order valence-corrected chi connectivity index (χ2v) is 11.0. The first kappa shape index (κ1) is 32.1. The number of phosphoric acid groups is 1. The molecule has 0 spiro atoms. The van der Waals surface area contributed by atoms with Crippen LogP contribution in [0.3, 0.4) is 0 Å². The fraction of sp³-hybridized carbons (Fsp3) is 0.476. The third kappa shape index (κ3) is 6.01. The zero-order valence-electron chi connectivity index (χ0n) is 22.1. The molecule has 0 aliphatic carbocycles. The standard InChI is InChI=1S/C21H25N8O11P.HO2P/c22-17-12-18(25-5-24-17)29(7-27-12)20-15(33)13(31)10(39-20)4-37-41(35,36)40-16-14(32)9(3-30)38-21(16)28-6-26-11-8(28)1-2-23-19(11)34;1-3-2/h1-2,5-7,9-10,13-16,20-21,30-33H,3-4H2,(H,23,34)(H,35,36)(H2,22,24,25);(H,1,2)/t9-,10-,13-,14-,15-,16-,20-,21-;/m1./s1. The minimum atomic E-state index is -5.00. The van der Waals surface area contributed by atoms with E-state index >= 15 is 0 Å². The van der Waals surface area contributed by atoms with Gasteiger partial charge in [0.15, 0.2) is 29.4 Å². The van der Waals surface area contributed by atoms with Crippen LogP contribution < -0.4 is 11.3 Å². The highest BCUT2D eigenvalue weighted by Gasteiger charge is 2.50. The number of hydrogen-bond acceptors (Lipinski definition) is 16. The number of aliphatic hydroxyl groups excluding tert-OH is 4. The van der Waals surface area contributed by atoms with Gasteiger partial charge >= 0.3 is 16.5 Å². The van der Waals surface area contributed by atoms with Crippen molar-refractivity contribution in [2.24, 2.45) is 0 Å². The number of rotatable bonds is 8. The number of ether oxygens (including phenoxy) is 2. The van der Waals surface area contributed by atoms with E-state index in [1.54, 1.807) is 0 Å². The largest absolute Gasteiger partial charge is 0.472 e. The van der Waals surface area contributed by atoms with Crippen LogP contribution in [0, 0.1) is 0 Å². The van der Waals surface area contributed by atoms with Crippen molar-refractivity contribution in [3.05, 3.63) is 41.6 Å². The molecule has 6 heterocycles. The zero-order valence-corrected chi connectivity index (χ0v) is 23.9. The molecule has 2 saturated heterocycles. The van der Waals surface area contributed by atoms with E-state index in [-0.39, 0.29) is 28.0 Å². The van der Waals surface area contributed by atoms with Gasteiger partial charge in [-0.2, -0.15) is 0 Å². The minimum absolute atomic E-state index is 0.0421. The van der Waals surface area contributed by atoms with E-state index in [0.717, 1.165) is 0 Å². The van der Waals surface area contributed by atoms with Gasteiger partial charge in [0, 0.05) is 6.20 Å². The van der Waals surface area contributed by atoms with Crippen molar-refractivity contribution in [2.45, 2.75) is 49.1 Å². The highest BCUT2D eigenvalue weighted by Crippen LogP contribution is 2.50. The lowest BCUT2D eigenvalue weighted by Crippen LogP contribution is -2.36. The van der Waals surface area contributed by atoms with Crippen molar-refractivity contribution < 1.29 is 57.9 Å². The van der Waals surface area contributed by atoms with Crippen molar-refractivity contribution in [3.63, 3.8) is 0 Å². The number of nitrogen functional groups attached to an aromatic ring is 1. The first-order chi connectivity index (χ1) is 21.0. The predicted molar refractivity (Wildman–Crippen MR) is 143 cm³/mol. The first-order valence-electron chi connectivity index (χ1n) is 12.6. The maximum atomic E-state index is 13.0. The zero-order chi connectivity index (χ0) is 31.8. The average molecular weight is 660 g/mol. The van der Waals surface area contributed by atoms with Crippen molar-refractivity contribution >= 4 is 44.5 Å². The molecule has 0 radical (unpaired) electrons. The molecule has 23 heteroatoms. The summed E-state index contributed by atoms with van der Waals surface area (Å²) in [6, 6.07) is 1.50. The Balaban J connectivity index is 0.00000123. The first-order valence-corrected chi connectivity index (χ1v) is 14.8. The summed E-state index contributed by atoms with van der Waals surface area (Å²) in [6.45, 7) is -1.37. The van der Waals surface area contributed by atoms with Gasteiger partial charge in [-0.05, 0) is 6.07 Å². The Morgan fingerprint density at radius 1 is 1.02 bits per heavy atom. The minimum Gasteiger partial charge on any atom is -0.394 e. The SMILES string of the molecule is Nc1ncnc2c1ncn2[C@@H]1O[C@H](COP(=O)(O)O[C@@H]2[C@H](O)[C@@H](CO)O[C@H]2n2cnc3c(=O)[nH]ccc32)[C@@H](O)[C@H]1O.O=PO. The summed E-state index contributed by atoms with van der Waals surface area (Å²) in [4.78, 5) is 48.0. The Morgan fingerprint density at radius 3 is 2.43 bits per heavy atom. The number of imidazole rings is 2. The molecule has 2 aliphatic heterocycles. The van der Waals surface area contributed by atoms with E-state index in [1.165, 1.54) is 40.4 Å². The number of phosphoric ester groups is 1. The lowest BCUT2D eigenvalue weighted by Gasteiger charge is -2.25. The summed E-state index contributed by atoms with van der Waals surface area (Å²) in [7, 11) is -5.83. The molecule has 21 nitrogen and oxygen atoms in total. The third-order valence-corrected chi connectivity index (χ3v) is 7.91. The molecule has 4 aromatic rings. The number of nitrogens with two attached hydrogens (primary N) is 1. The van der Waals surface area contributed by atoms with E-state index in [1.807, 2.05) is 0 Å². The molecule has 9 atom stereocenters. The summed E-state index contributed by atoms with van der Waals surface area (Å²) >= 11 is 0. The maximum Gasteiger partial charge on any atom is 0.472 e. The van der Waals surface area contributed by atoms with Gasteiger partial charge in [-0.25, -0.2) is 29.1 Å². The van der Waals surface area contributed by atoms with Gasteiger partial charge in [0.25, 0.3) is 5.56 Å². The van der Waals surface area contributed by atoms with Gasteiger partial charge in [0.1, 0.15) is 48.5 Å². The van der Waals surface area contributed by atoms with Crippen LogP contribution in [0.2, 0.25) is 0 Å². The molecule has 6 rings (SSSR count). The number of nitrogens with one attached hydrogen (secondary N) is 1. The van der Waals surface area contributed by atoms with E-state index < -0.39 is 84.4 Å². The normalized spacial score (nSPS) is 30.0. The van der Waals surface area contributed by atoms with Crippen LogP contribution >= 0.6 is 16.5 Å². The summed E-state index contributed by atoms with van der Waals surface area (Å²) in [5, 5.41) is 41.5. The van der Waals surface area contributed by atoms with Gasteiger partial charge in [-0.15, -0.1) is 0 Å². The Bertz CT molecular complexity index is 1730. The number of anilines is 1. The van der Waals surface area contributed by atoms with Crippen LogP contribution in [0.5, 0.6) is 0 Å². The smallest absolute Gasteiger partial charge is 0.394 e. The fourth-order valence-corrected chi connectivity index (χ4v) is 5.82. The molecule has 2 fully saturated rings. The van der Waals surface area contributed by atoms with Crippen LogP contribution in [-0.2, 0) is 27.7 Å². The summed E-state index contributed by atoms with van der Waals surface area (Å²) in [5.74, 6) is 0.0929. The molecular formula is C21H26N8O13P2. The van der Waals surface area contributed by atoms with Crippen LogP contribution in [0.25, 0.3) is 22.2 Å². The molecule has 0 bridgehead atoms. The maximum absolute atomic E-state index is 13.0. The van der Waals surface area contributed by atoms with E-state index in [2.05, 4.69) is 24.9 Å². The Hall–Kier alpha value is -3.30. The summed E-state index contributed by atoms with van der Waals surface area (Å²) < 4.78 is 45.7. The molecule has 0 amide bonds. The summed E-state index contributed by atoms with van der Waals surface area (Å²) in [6.07, 6.45) is -6.15. The lowest BCUT2D eigenvalue weighted by molar-refractivity contribution is -0.0614. The highest BCUT2D eigenvalue weighted by atomic mass is 31.2. The quantitative estimate of drug-likeness (QED) is 0.0921. The van der Waals surface area contributed by atoms with E-state index in [0.29, 0.717) is 0 Å². The third-order valence-electron chi connectivity index (χ3n) is 6.92. The number of aromatic nitrogens is 7. The molecule has 0 aromatic carbocycles. The number of H-pyrrole nitrogens is 1. The van der Waals surface area contributed by atoms with Crippen LogP contribution in [-0.4, -0.2) is 114 Å². The number of fused-ring (bicyclic) bond motifs is 2. The van der Waals surface area contributed by atoms with Crippen molar-refractivity contribution in [2.75, 3.05) is 18.9 Å². The average Bonchev–Trinajstić information content (AvgIpc) is 3.75. The van der Waals surface area contributed by atoms with Crippen molar-refractivity contribution in [1.29, 1.82) is 0 Å². The number of pyridine rings is 1. The van der Waals surface area contributed by atoms with Gasteiger partial charge in [-0.1, -0.05) is 0 Å². The summed E-state index contributed by atoms with van der Waals surface area (Å²) in [5.41, 5.74) is 6.07. The van der Waals surface area contributed by atoms with Gasteiger partial charge in [-0.3, -0.25) is 18.4 Å². The highest BCUT2D eigenvalue weighted by molar-refractivity contribution is 7.47. The van der Waals surface area contributed by atoms with Gasteiger partial charge in [0.05, 0.1) is 31.4 Å². The molecule has 1 unspecified atom stereocenters. The van der Waals surface area contributed by atoms with Crippen LogP contribution in [0.15, 0.2) is 36.0 Å². The van der Waals surface area contributed by atoms with Crippen LogP contribution in [0.4, 0.5) is 5.82 Å². The Labute approximate surface area is 246 Å². The monoisotopic (exact) mass is 660 g/mol. The predicted octanol–water partition coefficient (Wildman–Crippen LogP) is -2.30.